The number of carbonyl (C=O) groups is 1. The van der Waals surface area contributed by atoms with Gasteiger partial charge in [0.1, 0.15) is 36.6 Å². The number of nitrogens with zero attached hydrogens (tertiary/aromatic N) is 2. The number of halogens is 2. The molecule has 1 aliphatic heterocycles. The number of unbranched alkanes of at least 4 members (excludes halogenated alkanes) is 2. The molecule has 0 saturated heterocycles. The van der Waals surface area contributed by atoms with Gasteiger partial charge < -0.3 is 34.4 Å². The number of phenols is 1. The van der Waals surface area contributed by atoms with Gasteiger partial charge in [-0.25, -0.2) is 9.18 Å². The number of carbonyl (C=O) groups excluding carboxylic acids is 1. The molecular formula is C39H50ClFN2O8. The van der Waals surface area contributed by atoms with Gasteiger partial charge in [-0.1, -0.05) is 42.3 Å². The topological polar surface area (TPSA) is 130 Å². The highest BCUT2D eigenvalue weighted by Crippen LogP contribution is 2.62. The maximum Gasteiger partial charge on any atom is 0.410 e. The average molecular weight is 729 g/mol. The number of oxime groups is 1. The number of phenolic OH excluding ortho intramolecular Hbond substituents is 1. The summed E-state index contributed by atoms with van der Waals surface area (Å²) in [6, 6.07) is 10.2. The molecule has 5 rings (SSSR count). The summed E-state index contributed by atoms with van der Waals surface area (Å²) in [5, 5.41) is 34.9. The molecule has 1 saturated carbocycles. The van der Waals surface area contributed by atoms with Crippen molar-refractivity contribution in [3.8, 4) is 11.5 Å². The zero-order chi connectivity index (χ0) is 36.4. The molecule has 6 atom stereocenters. The van der Waals surface area contributed by atoms with Crippen LogP contribution in [0.2, 0.25) is 0 Å². The lowest BCUT2D eigenvalue weighted by atomic mass is 9.55. The van der Waals surface area contributed by atoms with Gasteiger partial charge in [0.15, 0.2) is 0 Å². The van der Waals surface area contributed by atoms with E-state index in [1.807, 2.05) is 6.92 Å². The van der Waals surface area contributed by atoms with Crippen molar-refractivity contribution < 1.29 is 43.6 Å². The molecule has 2 aromatic rings. The summed E-state index contributed by atoms with van der Waals surface area (Å²) in [5.41, 5.74) is 2.99. The van der Waals surface area contributed by atoms with Crippen molar-refractivity contribution in [1.82, 2.24) is 4.90 Å². The van der Waals surface area contributed by atoms with Crippen molar-refractivity contribution in [1.29, 1.82) is 0 Å². The van der Waals surface area contributed by atoms with Gasteiger partial charge in [-0.05, 0) is 85.9 Å². The van der Waals surface area contributed by atoms with Crippen LogP contribution >= 0.6 is 11.6 Å². The third-order valence-corrected chi connectivity index (χ3v) is 10.3. The highest BCUT2D eigenvalue weighted by molar-refractivity contribution is 6.18. The first-order chi connectivity index (χ1) is 24.8. The first kappa shape index (κ1) is 38.6. The molecule has 1 heterocycles. The van der Waals surface area contributed by atoms with Crippen molar-refractivity contribution in [3.05, 3.63) is 83.7 Å². The van der Waals surface area contributed by atoms with Gasteiger partial charge in [0.05, 0.1) is 24.1 Å². The summed E-state index contributed by atoms with van der Waals surface area (Å²) >= 11 is 5.97. The third-order valence-electron chi connectivity index (χ3n) is 10.1. The molecular weight excluding hydrogens is 679 g/mol. The molecule has 0 radical (unpaired) electrons. The van der Waals surface area contributed by atoms with Crippen LogP contribution in [0, 0.1) is 23.6 Å². The summed E-state index contributed by atoms with van der Waals surface area (Å²) < 4.78 is 33.6. The Kier molecular flexibility index (Phi) is 13.8. The fraction of sp³-hybridized carbons (Fsp3) is 0.538. The van der Waals surface area contributed by atoms with Gasteiger partial charge >= 0.3 is 6.09 Å². The number of aromatic hydroxyl groups is 1. The van der Waals surface area contributed by atoms with Gasteiger partial charge in [-0.3, -0.25) is 4.90 Å². The first-order valence-electron chi connectivity index (χ1n) is 17.9. The third kappa shape index (κ3) is 8.54. The minimum absolute atomic E-state index is 0.0148. The lowest BCUT2D eigenvalue weighted by molar-refractivity contribution is -0.256. The molecule has 0 bridgehead atoms. The van der Waals surface area contributed by atoms with Gasteiger partial charge in [0.25, 0.3) is 0 Å². The summed E-state index contributed by atoms with van der Waals surface area (Å²) in [5.74, 6) is -1.92. The molecule has 0 spiro atoms. The van der Waals surface area contributed by atoms with Crippen LogP contribution in [0.15, 0.2) is 71.9 Å². The van der Waals surface area contributed by atoms with Crippen molar-refractivity contribution >= 4 is 23.4 Å². The van der Waals surface area contributed by atoms with Crippen molar-refractivity contribution in [2.75, 3.05) is 38.9 Å². The van der Waals surface area contributed by atoms with E-state index in [1.165, 1.54) is 12.1 Å². The zero-order valence-electron chi connectivity index (χ0n) is 29.2. The van der Waals surface area contributed by atoms with Crippen LogP contribution in [0.4, 0.5) is 9.18 Å². The fourth-order valence-electron chi connectivity index (χ4n) is 8.10. The van der Waals surface area contributed by atoms with Gasteiger partial charge in [0.2, 0.25) is 5.79 Å². The van der Waals surface area contributed by atoms with Crippen molar-refractivity contribution in [2.45, 2.75) is 76.2 Å². The number of hydrogen-bond donors (Lipinski definition) is 3. The summed E-state index contributed by atoms with van der Waals surface area (Å²) in [7, 11) is 0. The Morgan fingerprint density at radius 1 is 1.14 bits per heavy atom. The van der Waals surface area contributed by atoms with Crippen LogP contribution in [0.5, 0.6) is 11.5 Å². The summed E-state index contributed by atoms with van der Waals surface area (Å²) in [4.78, 5) is 21.4. The number of ether oxygens (including phenoxy) is 3. The Morgan fingerprint density at radius 3 is 2.57 bits per heavy atom. The van der Waals surface area contributed by atoms with E-state index in [-0.39, 0.29) is 68.8 Å². The van der Waals surface area contributed by atoms with E-state index in [1.54, 1.807) is 41.3 Å². The van der Waals surface area contributed by atoms with Crippen LogP contribution in [-0.2, 0) is 20.9 Å². The number of benzene rings is 2. The molecule has 1 fully saturated rings. The van der Waals surface area contributed by atoms with Gasteiger partial charge in [-0.15, -0.1) is 18.2 Å². The molecule has 2 aromatic carbocycles. The molecule has 0 aromatic heterocycles. The van der Waals surface area contributed by atoms with E-state index < -0.39 is 29.7 Å². The highest BCUT2D eigenvalue weighted by Gasteiger charge is 2.65. The van der Waals surface area contributed by atoms with E-state index in [0.717, 1.165) is 36.8 Å². The summed E-state index contributed by atoms with van der Waals surface area (Å²) in [6.45, 7) is 6.37. The molecule has 0 unspecified atom stereocenters. The minimum atomic E-state index is -1.49. The maximum absolute atomic E-state index is 14.1. The smallest absolute Gasteiger partial charge is 0.410 e. The van der Waals surface area contributed by atoms with E-state index >= 15 is 0 Å². The van der Waals surface area contributed by atoms with Gasteiger partial charge in [0, 0.05) is 37.7 Å². The SMILES string of the molecule is C=CCO[C@@]12Oc3ccc(O)cc3[C@H]3[C@H](CCCCO)[C@@H](CCCCO)C=C(C(=NOCC)C[C@@H]1N(Cc1ccc(F)cc1)C(=O)OCCCl)[C@H]32. The van der Waals surface area contributed by atoms with Crippen LogP contribution in [0.3, 0.4) is 0 Å². The number of alkyl halides is 1. The van der Waals surface area contributed by atoms with Crippen LogP contribution in [0.25, 0.3) is 0 Å². The van der Waals surface area contributed by atoms with Gasteiger partial charge in [-0.2, -0.15) is 0 Å². The Balaban J connectivity index is 1.77. The minimum Gasteiger partial charge on any atom is -0.508 e. The van der Waals surface area contributed by atoms with E-state index in [2.05, 4.69) is 17.8 Å². The normalized spacial score (nSPS) is 25.6. The fourth-order valence-corrected chi connectivity index (χ4v) is 8.17. The first-order valence-corrected chi connectivity index (χ1v) is 18.5. The van der Waals surface area contributed by atoms with Crippen LogP contribution in [-0.4, -0.2) is 82.8 Å². The number of rotatable bonds is 18. The van der Waals surface area contributed by atoms with Crippen LogP contribution < -0.4 is 4.74 Å². The van der Waals surface area contributed by atoms with Crippen molar-refractivity contribution in [3.63, 3.8) is 0 Å². The number of hydrogen-bond acceptors (Lipinski definition) is 9. The quantitative estimate of drug-likeness (QED) is 0.0644. The average Bonchev–Trinajstić information content (AvgIpc) is 3.13. The molecule has 10 nitrogen and oxygen atoms in total. The monoisotopic (exact) mass is 728 g/mol. The second-order valence-corrected chi connectivity index (χ2v) is 13.6. The van der Waals surface area contributed by atoms with E-state index in [0.29, 0.717) is 36.5 Å². The summed E-state index contributed by atoms with van der Waals surface area (Å²) in [6.07, 6.45) is 7.85. The number of fused-ring (bicyclic) bond motifs is 2. The Hall–Kier alpha value is -3.64. The molecule has 3 N–H and O–H groups in total. The Labute approximate surface area is 304 Å². The number of aliphatic hydroxyl groups is 2. The molecule has 2 aliphatic carbocycles. The lowest BCUT2D eigenvalue weighted by Gasteiger charge is -2.59. The second-order valence-electron chi connectivity index (χ2n) is 13.3. The number of aliphatic hydroxyl groups excluding tert-OH is 2. The predicted octanol–water partition coefficient (Wildman–Crippen LogP) is 7.06. The maximum atomic E-state index is 14.1. The van der Waals surface area contributed by atoms with Crippen molar-refractivity contribution in [2.24, 2.45) is 22.9 Å². The molecule has 51 heavy (non-hydrogen) atoms. The van der Waals surface area contributed by atoms with E-state index in [4.69, 9.17) is 30.6 Å². The number of allylic oxidation sites excluding steroid dienone is 1. The highest BCUT2D eigenvalue weighted by atomic mass is 35.5. The molecule has 3 aliphatic rings. The molecule has 278 valence electrons. The van der Waals surface area contributed by atoms with E-state index in [9.17, 15) is 24.5 Å². The predicted molar refractivity (Wildman–Crippen MR) is 192 cm³/mol. The second kappa shape index (κ2) is 18.2. The standard InChI is InChI=1S/C39H50ClFN2O8/c1-3-20-49-39-35(43(38(47)48-21-17-40)25-26-11-13-28(41)14-12-26)24-33(42-50-4-2)31-22-27(9-5-7-18-44)30(10-6-8-19-45)36(37(31)39)32-23-29(46)15-16-34(32)51-39/h3,11-16,22-23,27,30,35-37,44-46H,1,4-10,17-21,24-25H2,2H3/t27-,30+,35-,36+,37+,39+/m0/s1. The largest absolute Gasteiger partial charge is 0.508 e. The lowest BCUT2D eigenvalue weighted by Crippen LogP contribution is -2.70. The molecule has 1 amide bonds. The van der Waals surface area contributed by atoms with Crippen LogP contribution in [0.1, 0.15) is 68.9 Å². The molecule has 12 heteroatoms. The Morgan fingerprint density at radius 2 is 1.88 bits per heavy atom. The Bertz CT molecular complexity index is 1540. The zero-order valence-corrected chi connectivity index (χ0v) is 30.0. The number of amides is 1.